The van der Waals surface area contributed by atoms with E-state index in [9.17, 15) is 19.7 Å². The average Bonchev–Trinajstić information content (AvgIpc) is 3.10. The van der Waals surface area contributed by atoms with Crippen molar-refractivity contribution in [2.24, 2.45) is 10.9 Å². The molecule has 0 spiro atoms. The number of halogens is 1. The molecule has 9 nitrogen and oxygen atoms in total. The third-order valence-electron chi connectivity index (χ3n) is 4.26. The van der Waals surface area contributed by atoms with E-state index in [1.807, 2.05) is 0 Å². The van der Waals surface area contributed by atoms with Crippen LogP contribution in [0.1, 0.15) is 31.9 Å². The molecule has 2 aromatic carbocycles. The number of cyclic esters (lactones) is 1. The summed E-state index contributed by atoms with van der Waals surface area (Å²) >= 11 is 6.10. The Morgan fingerprint density at radius 3 is 2.66 bits per heavy atom. The number of hydrogen-bond acceptors (Lipinski definition) is 8. The summed E-state index contributed by atoms with van der Waals surface area (Å²) in [5.41, 5.74) is 0.425. The number of nitrogens with zero attached hydrogens (tertiary/aromatic N) is 2. The zero-order valence-electron chi connectivity index (χ0n) is 17.5. The fourth-order valence-corrected chi connectivity index (χ4v) is 2.86. The molecule has 166 valence electrons. The summed E-state index contributed by atoms with van der Waals surface area (Å²) in [6, 6.07) is 8.53. The molecule has 1 aliphatic heterocycles. The van der Waals surface area contributed by atoms with Crippen LogP contribution in [0.3, 0.4) is 0 Å². The predicted octanol–water partition coefficient (Wildman–Crippen LogP) is 4.55. The summed E-state index contributed by atoms with van der Waals surface area (Å²) in [5, 5.41) is 11.2. The molecule has 0 atom stereocenters. The zero-order chi connectivity index (χ0) is 23.4. The molecule has 0 unspecified atom stereocenters. The number of carbonyl (C=O) groups excluding carboxylic acids is 2. The lowest BCUT2D eigenvalue weighted by atomic mass is 10.1. The fourth-order valence-electron chi connectivity index (χ4n) is 2.67. The highest BCUT2D eigenvalue weighted by molar-refractivity contribution is 6.34. The van der Waals surface area contributed by atoms with Crippen LogP contribution in [0, 0.1) is 16.0 Å². The molecule has 0 saturated carbocycles. The first-order valence-electron chi connectivity index (χ1n) is 9.65. The second-order valence-corrected chi connectivity index (χ2v) is 7.38. The summed E-state index contributed by atoms with van der Waals surface area (Å²) in [7, 11) is 0. The first-order chi connectivity index (χ1) is 15.2. The van der Waals surface area contributed by atoms with Gasteiger partial charge in [-0.05, 0) is 36.8 Å². The van der Waals surface area contributed by atoms with E-state index in [-0.39, 0.29) is 39.5 Å². The maximum Gasteiger partial charge on any atom is 0.363 e. The van der Waals surface area contributed by atoms with Crippen LogP contribution in [-0.2, 0) is 14.3 Å². The van der Waals surface area contributed by atoms with Crippen molar-refractivity contribution < 1.29 is 28.7 Å². The largest absolute Gasteiger partial charge is 0.490 e. The van der Waals surface area contributed by atoms with E-state index in [2.05, 4.69) is 4.99 Å². The molecule has 0 aliphatic carbocycles. The first-order valence-corrected chi connectivity index (χ1v) is 10.0. The minimum atomic E-state index is -0.740. The lowest BCUT2D eigenvalue weighted by Crippen LogP contribution is -2.15. The van der Waals surface area contributed by atoms with Crippen molar-refractivity contribution >= 4 is 41.2 Å². The van der Waals surface area contributed by atoms with Crippen molar-refractivity contribution in [2.45, 2.75) is 20.8 Å². The predicted molar refractivity (Wildman–Crippen MR) is 117 cm³/mol. The number of aliphatic imine (C=N–C) groups is 1. The third kappa shape index (κ3) is 5.12. The highest BCUT2D eigenvalue weighted by Gasteiger charge is 2.27. The summed E-state index contributed by atoms with van der Waals surface area (Å²) < 4.78 is 16.1. The minimum Gasteiger partial charge on any atom is -0.490 e. The lowest BCUT2D eigenvalue weighted by molar-refractivity contribution is -0.384. The second kappa shape index (κ2) is 9.61. The number of ether oxygens (including phenoxy) is 3. The van der Waals surface area contributed by atoms with E-state index >= 15 is 0 Å². The number of nitro benzene ring substituents is 1. The van der Waals surface area contributed by atoms with E-state index in [1.165, 1.54) is 24.3 Å². The zero-order valence-corrected chi connectivity index (χ0v) is 18.2. The van der Waals surface area contributed by atoms with Gasteiger partial charge in [0.1, 0.15) is 0 Å². The topological polar surface area (TPSA) is 117 Å². The van der Waals surface area contributed by atoms with Crippen LogP contribution in [-0.4, -0.2) is 29.4 Å². The Morgan fingerprint density at radius 2 is 2.00 bits per heavy atom. The maximum atomic E-state index is 12.3. The van der Waals surface area contributed by atoms with Crippen LogP contribution in [0.2, 0.25) is 5.02 Å². The Labute approximate surface area is 188 Å². The van der Waals surface area contributed by atoms with Gasteiger partial charge in [-0.2, -0.15) is 0 Å². The molecule has 32 heavy (non-hydrogen) atoms. The lowest BCUT2D eigenvalue weighted by Gasteiger charge is -2.12. The van der Waals surface area contributed by atoms with Crippen molar-refractivity contribution in [3.05, 3.63) is 68.4 Å². The van der Waals surface area contributed by atoms with E-state index in [1.54, 1.807) is 39.0 Å². The number of benzene rings is 2. The molecule has 1 aliphatic rings. The normalized spacial score (nSPS) is 14.3. The Hall–Kier alpha value is -3.72. The fraction of sp³-hybridized carbons (Fsp3) is 0.227. The standard InChI is InChI=1S/C22H19ClN2O7/c1-4-30-19-10-13(5-8-18(19)31-21(26)12(2)3)9-17-22(27)32-20(24-17)15-11-14(25(28)29)6-7-16(15)23/h5-12H,4H2,1-3H3/b17-9-. The van der Waals surface area contributed by atoms with Gasteiger partial charge in [0.25, 0.3) is 5.69 Å². The smallest absolute Gasteiger partial charge is 0.363 e. The van der Waals surface area contributed by atoms with Gasteiger partial charge < -0.3 is 14.2 Å². The summed E-state index contributed by atoms with van der Waals surface area (Å²) in [4.78, 5) is 38.8. The number of nitro groups is 1. The number of non-ortho nitro benzene ring substituents is 1. The van der Waals surface area contributed by atoms with Gasteiger partial charge in [-0.25, -0.2) is 9.79 Å². The van der Waals surface area contributed by atoms with Gasteiger partial charge >= 0.3 is 11.9 Å². The Bertz CT molecular complexity index is 1150. The van der Waals surface area contributed by atoms with Crippen LogP contribution in [0.25, 0.3) is 6.08 Å². The highest BCUT2D eigenvalue weighted by atomic mass is 35.5. The Balaban J connectivity index is 1.94. The van der Waals surface area contributed by atoms with Crippen LogP contribution in [0.5, 0.6) is 11.5 Å². The van der Waals surface area contributed by atoms with Gasteiger partial charge in [-0.3, -0.25) is 14.9 Å². The number of esters is 2. The van der Waals surface area contributed by atoms with Crippen LogP contribution < -0.4 is 9.47 Å². The maximum absolute atomic E-state index is 12.3. The molecule has 3 rings (SSSR count). The van der Waals surface area contributed by atoms with Crippen LogP contribution in [0.4, 0.5) is 5.69 Å². The van der Waals surface area contributed by atoms with Crippen molar-refractivity contribution in [1.29, 1.82) is 0 Å². The molecule has 0 N–H and O–H groups in total. The van der Waals surface area contributed by atoms with Crippen LogP contribution >= 0.6 is 11.6 Å². The molecule has 0 bridgehead atoms. The Kier molecular flexibility index (Phi) is 6.89. The molecular weight excluding hydrogens is 440 g/mol. The van der Waals surface area contributed by atoms with Gasteiger partial charge in [0.15, 0.2) is 17.2 Å². The molecule has 0 amide bonds. The number of rotatable bonds is 7. The molecule has 0 fully saturated rings. The minimum absolute atomic E-state index is 0.0306. The average molecular weight is 459 g/mol. The van der Waals surface area contributed by atoms with Crippen molar-refractivity contribution in [2.75, 3.05) is 6.61 Å². The van der Waals surface area contributed by atoms with Crippen molar-refractivity contribution in [3.63, 3.8) is 0 Å². The van der Waals surface area contributed by atoms with Gasteiger partial charge in [0.2, 0.25) is 5.90 Å². The van der Waals surface area contributed by atoms with Gasteiger partial charge in [-0.1, -0.05) is 31.5 Å². The van der Waals surface area contributed by atoms with E-state index in [4.69, 9.17) is 25.8 Å². The van der Waals surface area contributed by atoms with Crippen LogP contribution in [0.15, 0.2) is 47.1 Å². The second-order valence-electron chi connectivity index (χ2n) is 6.97. The molecule has 0 saturated heterocycles. The van der Waals surface area contributed by atoms with E-state index < -0.39 is 16.9 Å². The van der Waals surface area contributed by atoms with Crippen molar-refractivity contribution in [3.8, 4) is 11.5 Å². The molecule has 1 heterocycles. The summed E-state index contributed by atoms with van der Waals surface area (Å²) in [5.74, 6) is -1.01. The van der Waals surface area contributed by atoms with Crippen molar-refractivity contribution in [1.82, 2.24) is 0 Å². The summed E-state index contributed by atoms with van der Waals surface area (Å²) in [6.45, 7) is 5.56. The SMILES string of the molecule is CCOc1cc(/C=C2\N=C(c3cc([N+](=O)[O-])ccc3Cl)OC2=O)ccc1OC(=O)C(C)C. The van der Waals surface area contributed by atoms with Gasteiger partial charge in [-0.15, -0.1) is 0 Å². The quantitative estimate of drug-likeness (QED) is 0.196. The Morgan fingerprint density at radius 1 is 1.25 bits per heavy atom. The van der Waals surface area contributed by atoms with Gasteiger partial charge in [0.05, 0.1) is 28.0 Å². The molecule has 0 aromatic heterocycles. The highest BCUT2D eigenvalue weighted by Crippen LogP contribution is 2.31. The van der Waals surface area contributed by atoms with E-state index in [0.717, 1.165) is 0 Å². The summed E-state index contributed by atoms with van der Waals surface area (Å²) in [6.07, 6.45) is 1.46. The molecular formula is C22H19ClN2O7. The monoisotopic (exact) mass is 458 g/mol. The number of carbonyl (C=O) groups is 2. The molecule has 10 heteroatoms. The number of hydrogen-bond donors (Lipinski definition) is 0. The third-order valence-corrected chi connectivity index (χ3v) is 4.59. The van der Waals surface area contributed by atoms with E-state index in [0.29, 0.717) is 17.9 Å². The molecule has 0 radical (unpaired) electrons. The van der Waals surface area contributed by atoms with Gasteiger partial charge in [0, 0.05) is 12.1 Å². The molecule has 2 aromatic rings. The first kappa shape index (κ1) is 23.0.